The summed E-state index contributed by atoms with van der Waals surface area (Å²) in [6, 6.07) is 0.569. The molecule has 0 bridgehead atoms. The lowest BCUT2D eigenvalue weighted by atomic mass is 9.87. The van der Waals surface area contributed by atoms with Crippen LogP contribution in [0.1, 0.15) is 32.6 Å². The van der Waals surface area contributed by atoms with Crippen molar-refractivity contribution < 1.29 is 5.11 Å². The zero-order valence-electron chi connectivity index (χ0n) is 8.03. The first-order valence-electron chi connectivity index (χ1n) is 5.08. The van der Waals surface area contributed by atoms with Gasteiger partial charge in [0.2, 0.25) is 0 Å². The number of likely N-dealkylation sites (tertiary alicyclic amines) is 1. The van der Waals surface area contributed by atoms with Crippen LogP contribution < -0.4 is 0 Å². The number of aliphatic hydroxyl groups excluding tert-OH is 1. The summed E-state index contributed by atoms with van der Waals surface area (Å²) in [5.41, 5.74) is 0. The van der Waals surface area contributed by atoms with Crippen LogP contribution in [0.25, 0.3) is 0 Å². The molecule has 70 valence electrons. The van der Waals surface area contributed by atoms with E-state index in [9.17, 15) is 5.11 Å². The molecule has 0 aromatic carbocycles. The Morgan fingerprint density at radius 3 is 2.33 bits per heavy atom. The molecule has 0 radical (unpaired) electrons. The van der Waals surface area contributed by atoms with Gasteiger partial charge in [0.25, 0.3) is 0 Å². The lowest BCUT2D eigenvalue weighted by Gasteiger charge is -2.39. The summed E-state index contributed by atoms with van der Waals surface area (Å²) in [5, 5.41) is 9.72. The minimum absolute atomic E-state index is 0.181. The predicted octanol–water partition coefficient (Wildman–Crippen LogP) is 1.45. The highest BCUT2D eigenvalue weighted by molar-refractivity contribution is 4.88. The monoisotopic (exact) mass is 169 g/mol. The van der Waals surface area contributed by atoms with Crippen molar-refractivity contribution in [2.45, 2.75) is 44.9 Å². The fraction of sp³-hybridized carbons (Fsp3) is 1.00. The quantitative estimate of drug-likeness (QED) is 0.642. The second-order valence-corrected chi connectivity index (χ2v) is 4.56. The Morgan fingerprint density at radius 1 is 1.17 bits per heavy atom. The van der Waals surface area contributed by atoms with Crippen LogP contribution in [-0.4, -0.2) is 29.3 Å². The van der Waals surface area contributed by atoms with Crippen LogP contribution in [0.15, 0.2) is 0 Å². The number of nitrogens with zero attached hydrogens (tertiary/aromatic N) is 1. The maximum absolute atomic E-state index is 9.72. The molecule has 1 heterocycles. The number of hydrogen-bond donors (Lipinski definition) is 1. The molecular formula is C10H19NO. The Morgan fingerprint density at radius 2 is 1.83 bits per heavy atom. The molecule has 2 fully saturated rings. The summed E-state index contributed by atoms with van der Waals surface area (Å²) < 4.78 is 0. The van der Waals surface area contributed by atoms with Crippen molar-refractivity contribution in [1.82, 2.24) is 4.90 Å². The fourth-order valence-electron chi connectivity index (χ4n) is 2.38. The van der Waals surface area contributed by atoms with Crippen molar-refractivity contribution in [2.75, 3.05) is 7.05 Å². The Kier molecular flexibility index (Phi) is 2.13. The van der Waals surface area contributed by atoms with Gasteiger partial charge in [-0.15, -0.1) is 0 Å². The van der Waals surface area contributed by atoms with Gasteiger partial charge in [-0.25, -0.2) is 0 Å². The minimum atomic E-state index is -0.181. The maximum atomic E-state index is 9.72. The Bertz CT molecular complexity index is 155. The van der Waals surface area contributed by atoms with Crippen LogP contribution in [0.5, 0.6) is 0 Å². The molecule has 12 heavy (non-hydrogen) atoms. The Hall–Kier alpha value is -0.0800. The molecule has 2 rings (SSSR count). The first-order chi connectivity index (χ1) is 5.68. The van der Waals surface area contributed by atoms with Gasteiger partial charge in [0.05, 0.1) is 0 Å². The van der Waals surface area contributed by atoms with Crippen LogP contribution in [0.3, 0.4) is 0 Å². The van der Waals surface area contributed by atoms with E-state index in [0.717, 1.165) is 18.3 Å². The fourth-order valence-corrected chi connectivity index (χ4v) is 2.38. The van der Waals surface area contributed by atoms with E-state index >= 15 is 0 Å². The van der Waals surface area contributed by atoms with Crippen LogP contribution in [0, 0.1) is 11.8 Å². The molecular weight excluding hydrogens is 150 g/mol. The first-order valence-corrected chi connectivity index (χ1v) is 5.08. The third kappa shape index (κ3) is 1.50. The standard InChI is InChI=1S/C10H19NO/c1-7-5-9(8-3-4-8)6-10(12)11(7)2/h7-10,12H,3-6H2,1-2H3/t7-,9-,10-/m1/s1. The molecule has 1 saturated heterocycles. The lowest BCUT2D eigenvalue weighted by Crippen LogP contribution is -2.45. The Balaban J connectivity index is 1.94. The molecule has 1 aliphatic heterocycles. The van der Waals surface area contributed by atoms with Crippen molar-refractivity contribution in [3.05, 3.63) is 0 Å². The van der Waals surface area contributed by atoms with E-state index in [-0.39, 0.29) is 6.23 Å². The van der Waals surface area contributed by atoms with Gasteiger partial charge >= 0.3 is 0 Å². The van der Waals surface area contributed by atoms with Crippen molar-refractivity contribution in [2.24, 2.45) is 11.8 Å². The van der Waals surface area contributed by atoms with Gasteiger partial charge in [-0.05, 0) is 51.5 Å². The maximum Gasteiger partial charge on any atom is 0.107 e. The second kappa shape index (κ2) is 3.00. The van der Waals surface area contributed by atoms with E-state index in [1.165, 1.54) is 19.3 Å². The third-order valence-electron chi connectivity index (χ3n) is 3.61. The highest BCUT2D eigenvalue weighted by atomic mass is 16.3. The molecule has 1 saturated carbocycles. The van der Waals surface area contributed by atoms with Gasteiger partial charge in [-0.2, -0.15) is 0 Å². The molecule has 3 atom stereocenters. The summed E-state index contributed by atoms with van der Waals surface area (Å²) in [7, 11) is 2.03. The largest absolute Gasteiger partial charge is 0.378 e. The zero-order chi connectivity index (χ0) is 8.72. The van der Waals surface area contributed by atoms with E-state index in [1.54, 1.807) is 0 Å². The van der Waals surface area contributed by atoms with E-state index in [2.05, 4.69) is 11.8 Å². The van der Waals surface area contributed by atoms with Crippen molar-refractivity contribution >= 4 is 0 Å². The molecule has 2 nitrogen and oxygen atoms in total. The van der Waals surface area contributed by atoms with Gasteiger partial charge in [0.1, 0.15) is 6.23 Å². The number of hydrogen-bond acceptors (Lipinski definition) is 2. The molecule has 2 aliphatic rings. The van der Waals surface area contributed by atoms with Crippen molar-refractivity contribution in [1.29, 1.82) is 0 Å². The smallest absolute Gasteiger partial charge is 0.107 e. The highest BCUT2D eigenvalue weighted by Gasteiger charge is 2.38. The van der Waals surface area contributed by atoms with E-state index in [0.29, 0.717) is 6.04 Å². The molecule has 0 amide bonds. The molecule has 1 N–H and O–H groups in total. The molecule has 0 aromatic rings. The van der Waals surface area contributed by atoms with E-state index in [1.807, 2.05) is 7.05 Å². The lowest BCUT2D eigenvalue weighted by molar-refractivity contribution is -0.0572. The van der Waals surface area contributed by atoms with Gasteiger partial charge in [0, 0.05) is 6.04 Å². The SMILES string of the molecule is C[C@@H]1C[C@@H](C2CC2)C[C@@H](O)N1C. The molecule has 0 aromatic heterocycles. The van der Waals surface area contributed by atoms with Gasteiger partial charge in [-0.1, -0.05) is 0 Å². The summed E-state index contributed by atoms with van der Waals surface area (Å²) in [6.45, 7) is 2.22. The van der Waals surface area contributed by atoms with E-state index in [4.69, 9.17) is 0 Å². The first kappa shape index (κ1) is 8.52. The van der Waals surface area contributed by atoms with Gasteiger partial charge in [0.15, 0.2) is 0 Å². The van der Waals surface area contributed by atoms with Gasteiger partial charge in [-0.3, -0.25) is 4.90 Å². The number of rotatable bonds is 1. The second-order valence-electron chi connectivity index (χ2n) is 4.56. The molecule has 2 heteroatoms. The summed E-state index contributed by atoms with van der Waals surface area (Å²) in [6.07, 6.45) is 4.94. The van der Waals surface area contributed by atoms with Crippen LogP contribution in [0.4, 0.5) is 0 Å². The third-order valence-corrected chi connectivity index (χ3v) is 3.61. The summed E-state index contributed by atoms with van der Waals surface area (Å²) in [4.78, 5) is 2.10. The number of aliphatic hydroxyl groups is 1. The van der Waals surface area contributed by atoms with E-state index < -0.39 is 0 Å². The number of piperidine rings is 1. The van der Waals surface area contributed by atoms with Crippen LogP contribution in [-0.2, 0) is 0 Å². The van der Waals surface area contributed by atoms with Crippen molar-refractivity contribution in [3.8, 4) is 0 Å². The van der Waals surface area contributed by atoms with Crippen LogP contribution >= 0.6 is 0 Å². The summed E-state index contributed by atoms with van der Waals surface area (Å²) >= 11 is 0. The average Bonchev–Trinajstić information content (AvgIpc) is 2.81. The minimum Gasteiger partial charge on any atom is -0.378 e. The normalized spacial score (nSPS) is 44.8. The molecule has 0 unspecified atom stereocenters. The molecule has 0 spiro atoms. The highest BCUT2D eigenvalue weighted by Crippen LogP contribution is 2.43. The predicted molar refractivity (Wildman–Crippen MR) is 48.7 cm³/mol. The van der Waals surface area contributed by atoms with Crippen LogP contribution in [0.2, 0.25) is 0 Å². The van der Waals surface area contributed by atoms with Gasteiger partial charge < -0.3 is 5.11 Å². The average molecular weight is 169 g/mol. The topological polar surface area (TPSA) is 23.5 Å². The summed E-state index contributed by atoms with van der Waals surface area (Å²) in [5.74, 6) is 1.77. The zero-order valence-corrected chi connectivity index (χ0v) is 8.03. The Labute approximate surface area is 74.6 Å². The molecule has 1 aliphatic carbocycles. The van der Waals surface area contributed by atoms with Crippen molar-refractivity contribution in [3.63, 3.8) is 0 Å².